The van der Waals surface area contributed by atoms with Gasteiger partial charge in [0.05, 0.1) is 6.54 Å². The lowest BCUT2D eigenvalue weighted by Gasteiger charge is -2.36. The second-order valence-corrected chi connectivity index (χ2v) is 3.17. The molecule has 0 saturated carbocycles. The number of hydrogen-bond acceptors (Lipinski definition) is 3. The minimum Gasteiger partial charge on any atom is -0.358 e. The van der Waals surface area contributed by atoms with E-state index in [1.807, 2.05) is 0 Å². The van der Waals surface area contributed by atoms with E-state index in [4.69, 9.17) is 0 Å². The second-order valence-electron chi connectivity index (χ2n) is 3.17. The summed E-state index contributed by atoms with van der Waals surface area (Å²) < 4.78 is 0. The van der Waals surface area contributed by atoms with Crippen LogP contribution >= 0.6 is 0 Å². The molecule has 0 aromatic carbocycles. The molecule has 4 heteroatoms. The zero-order chi connectivity index (χ0) is 7.90. The maximum atomic E-state index is 11.1. The van der Waals surface area contributed by atoms with E-state index in [-0.39, 0.29) is 12.5 Å². The molecule has 2 fully saturated rings. The summed E-state index contributed by atoms with van der Waals surface area (Å²) in [5, 5.41) is 12.6. The van der Waals surface area contributed by atoms with Crippen LogP contribution in [0.5, 0.6) is 0 Å². The summed E-state index contributed by atoms with van der Waals surface area (Å²) in [5.74, 6) is -0.984. The lowest BCUT2D eigenvalue weighted by atomic mass is 10.1. The van der Waals surface area contributed by atoms with Crippen LogP contribution in [0.4, 0.5) is 0 Å². The number of aliphatic hydroxyl groups is 1. The molecule has 0 radical (unpaired) electrons. The summed E-state index contributed by atoms with van der Waals surface area (Å²) >= 11 is 0. The van der Waals surface area contributed by atoms with Gasteiger partial charge in [0.15, 0.2) is 5.85 Å². The first-order valence-electron chi connectivity index (χ1n) is 4.00. The molecule has 0 aliphatic carbocycles. The van der Waals surface area contributed by atoms with Gasteiger partial charge >= 0.3 is 0 Å². The summed E-state index contributed by atoms with van der Waals surface area (Å²) in [7, 11) is 0. The Bertz CT molecular complexity index is 195. The lowest BCUT2D eigenvalue weighted by molar-refractivity contribution is -0.155. The molecule has 1 unspecified atom stereocenters. The zero-order valence-corrected chi connectivity index (χ0v) is 6.34. The highest BCUT2D eigenvalue weighted by molar-refractivity contribution is 5.81. The molecule has 0 spiro atoms. The largest absolute Gasteiger partial charge is 0.358 e. The topological polar surface area (TPSA) is 52.6 Å². The van der Waals surface area contributed by atoms with Crippen molar-refractivity contribution in [3.8, 4) is 0 Å². The first-order valence-corrected chi connectivity index (χ1v) is 4.00. The Hall–Kier alpha value is -0.610. The lowest BCUT2D eigenvalue weighted by Crippen LogP contribution is -2.54. The Morgan fingerprint density at radius 2 is 2.36 bits per heavy atom. The summed E-state index contributed by atoms with van der Waals surface area (Å²) in [6.45, 7) is 0.985. The van der Waals surface area contributed by atoms with Crippen molar-refractivity contribution in [1.29, 1.82) is 0 Å². The summed E-state index contributed by atoms with van der Waals surface area (Å²) in [5.41, 5.74) is 0. The molecule has 11 heavy (non-hydrogen) atoms. The number of nitrogens with zero attached hydrogens (tertiary/aromatic N) is 1. The molecule has 2 rings (SSSR count). The number of carbonyl (C=O) groups excluding carboxylic acids is 1. The number of nitrogens with one attached hydrogen (secondary N) is 1. The summed E-state index contributed by atoms with van der Waals surface area (Å²) in [6, 6.07) is 0. The van der Waals surface area contributed by atoms with Crippen LogP contribution in [-0.2, 0) is 4.79 Å². The van der Waals surface area contributed by atoms with E-state index in [2.05, 4.69) is 5.32 Å². The van der Waals surface area contributed by atoms with Crippen molar-refractivity contribution in [2.45, 2.75) is 25.1 Å². The van der Waals surface area contributed by atoms with Gasteiger partial charge in [-0.1, -0.05) is 0 Å². The highest BCUT2D eigenvalue weighted by Gasteiger charge is 2.44. The first-order chi connectivity index (χ1) is 5.22. The van der Waals surface area contributed by atoms with Gasteiger partial charge in [0.25, 0.3) is 0 Å². The van der Waals surface area contributed by atoms with Gasteiger partial charge in [0.1, 0.15) is 0 Å². The Kier molecular flexibility index (Phi) is 1.40. The molecule has 1 amide bonds. The minimum atomic E-state index is -1.00. The van der Waals surface area contributed by atoms with Gasteiger partial charge in [-0.25, -0.2) is 0 Å². The molecular formula is C7H12N2O2. The van der Waals surface area contributed by atoms with E-state index in [1.54, 1.807) is 0 Å². The normalized spacial score (nSPS) is 37.5. The maximum Gasteiger partial charge on any atom is 0.239 e. The third-order valence-corrected chi connectivity index (χ3v) is 2.43. The molecule has 1 atom stereocenters. The van der Waals surface area contributed by atoms with Gasteiger partial charge in [-0.2, -0.15) is 0 Å². The molecule has 2 N–H and O–H groups in total. The fraction of sp³-hybridized carbons (Fsp3) is 0.857. The SMILES string of the molecule is O=C1CNC2(O)CCCCN12. The predicted molar refractivity (Wildman–Crippen MR) is 38.5 cm³/mol. The van der Waals surface area contributed by atoms with Crippen molar-refractivity contribution >= 4 is 5.91 Å². The highest BCUT2D eigenvalue weighted by atomic mass is 16.3. The smallest absolute Gasteiger partial charge is 0.239 e. The number of fused-ring (bicyclic) bond motifs is 1. The maximum absolute atomic E-state index is 11.1. The second kappa shape index (κ2) is 2.19. The van der Waals surface area contributed by atoms with Crippen LogP contribution in [0.2, 0.25) is 0 Å². The molecular weight excluding hydrogens is 144 g/mol. The van der Waals surface area contributed by atoms with Gasteiger partial charge < -0.3 is 10.0 Å². The zero-order valence-electron chi connectivity index (χ0n) is 6.34. The van der Waals surface area contributed by atoms with Gasteiger partial charge in [-0.3, -0.25) is 10.1 Å². The van der Waals surface area contributed by atoms with Gasteiger partial charge in [-0.15, -0.1) is 0 Å². The minimum absolute atomic E-state index is 0.0206. The standard InChI is InChI=1S/C7H12N2O2/c10-6-5-8-7(11)3-1-2-4-9(6)7/h8,11H,1-5H2. The number of hydrogen-bond donors (Lipinski definition) is 2. The summed E-state index contributed by atoms with van der Waals surface area (Å²) in [4.78, 5) is 12.7. The molecule has 2 aliphatic heterocycles. The van der Waals surface area contributed by atoms with Crippen LogP contribution in [0.25, 0.3) is 0 Å². The van der Waals surface area contributed by atoms with Crippen LogP contribution < -0.4 is 5.32 Å². The third kappa shape index (κ3) is 0.937. The van der Waals surface area contributed by atoms with Crippen LogP contribution in [0.1, 0.15) is 19.3 Å². The van der Waals surface area contributed by atoms with Crippen LogP contribution in [0, 0.1) is 0 Å². The monoisotopic (exact) mass is 156 g/mol. The van der Waals surface area contributed by atoms with Gasteiger partial charge in [0, 0.05) is 13.0 Å². The van der Waals surface area contributed by atoms with Crippen molar-refractivity contribution in [1.82, 2.24) is 10.2 Å². The molecule has 0 aromatic rings. The number of piperidine rings is 1. The molecule has 2 heterocycles. The fourth-order valence-corrected chi connectivity index (χ4v) is 1.79. The Balaban J connectivity index is 2.21. The third-order valence-electron chi connectivity index (χ3n) is 2.43. The van der Waals surface area contributed by atoms with Gasteiger partial charge in [-0.05, 0) is 12.8 Å². The van der Waals surface area contributed by atoms with Crippen LogP contribution in [0.3, 0.4) is 0 Å². The number of amides is 1. The molecule has 0 aromatic heterocycles. The molecule has 2 aliphatic rings. The van der Waals surface area contributed by atoms with Crippen molar-refractivity contribution in [3.63, 3.8) is 0 Å². The number of rotatable bonds is 0. The Morgan fingerprint density at radius 3 is 3.09 bits per heavy atom. The van der Waals surface area contributed by atoms with E-state index in [9.17, 15) is 9.90 Å². The van der Waals surface area contributed by atoms with E-state index >= 15 is 0 Å². The van der Waals surface area contributed by atoms with E-state index in [0.717, 1.165) is 12.8 Å². The first kappa shape index (κ1) is 7.06. The molecule has 4 nitrogen and oxygen atoms in total. The van der Waals surface area contributed by atoms with Crippen molar-refractivity contribution in [2.75, 3.05) is 13.1 Å². The molecule has 2 saturated heterocycles. The quantitative estimate of drug-likeness (QED) is 0.485. The van der Waals surface area contributed by atoms with Crippen LogP contribution in [0.15, 0.2) is 0 Å². The summed E-state index contributed by atoms with van der Waals surface area (Å²) in [6.07, 6.45) is 2.67. The van der Waals surface area contributed by atoms with Gasteiger partial charge in [0.2, 0.25) is 5.91 Å². The molecule has 0 bridgehead atoms. The Labute approximate surface area is 65.2 Å². The van der Waals surface area contributed by atoms with Crippen molar-refractivity contribution in [3.05, 3.63) is 0 Å². The fourth-order valence-electron chi connectivity index (χ4n) is 1.79. The average molecular weight is 156 g/mol. The Morgan fingerprint density at radius 1 is 1.55 bits per heavy atom. The van der Waals surface area contributed by atoms with Crippen molar-refractivity contribution < 1.29 is 9.90 Å². The van der Waals surface area contributed by atoms with Crippen LogP contribution in [-0.4, -0.2) is 34.9 Å². The number of carbonyl (C=O) groups is 1. The average Bonchev–Trinajstić information content (AvgIpc) is 2.29. The van der Waals surface area contributed by atoms with E-state index in [0.29, 0.717) is 13.0 Å². The van der Waals surface area contributed by atoms with Crippen molar-refractivity contribution in [2.24, 2.45) is 0 Å². The highest BCUT2D eigenvalue weighted by Crippen LogP contribution is 2.26. The molecule has 62 valence electrons. The predicted octanol–water partition coefficient (Wildman–Crippen LogP) is -0.752. The van der Waals surface area contributed by atoms with E-state index < -0.39 is 5.85 Å². The van der Waals surface area contributed by atoms with E-state index in [1.165, 1.54) is 4.90 Å².